The summed E-state index contributed by atoms with van der Waals surface area (Å²) in [5, 5.41) is 11.1. The Morgan fingerprint density at radius 2 is 1.96 bits per heavy atom. The van der Waals surface area contributed by atoms with Crippen molar-refractivity contribution in [3.8, 4) is 22.0 Å². The number of carbonyl (C=O) groups excluding carboxylic acids is 1. The van der Waals surface area contributed by atoms with Crippen molar-refractivity contribution in [2.45, 2.75) is 6.92 Å². The van der Waals surface area contributed by atoms with Gasteiger partial charge in [-0.05, 0) is 42.6 Å². The lowest BCUT2D eigenvalue weighted by atomic mass is 10.1. The summed E-state index contributed by atoms with van der Waals surface area (Å²) in [5.74, 6) is 0.799. The Balaban J connectivity index is 1.48. The Kier molecular flexibility index (Phi) is 4.12. The molecule has 0 unspecified atom stereocenters. The second-order valence-electron chi connectivity index (χ2n) is 5.19. The minimum absolute atomic E-state index is 0.208. The van der Waals surface area contributed by atoms with Crippen LogP contribution in [0.4, 0.5) is 5.13 Å². The number of anilines is 1. The summed E-state index contributed by atoms with van der Waals surface area (Å²) >= 11 is 3.02. The van der Waals surface area contributed by atoms with Crippen molar-refractivity contribution in [1.29, 1.82) is 0 Å². The molecule has 0 aliphatic rings. The van der Waals surface area contributed by atoms with Gasteiger partial charge in [-0.1, -0.05) is 11.2 Å². The Morgan fingerprint density at radius 1 is 1.12 bits per heavy atom. The van der Waals surface area contributed by atoms with Crippen LogP contribution in [-0.2, 0) is 0 Å². The van der Waals surface area contributed by atoms with Gasteiger partial charge in [0.25, 0.3) is 11.8 Å². The molecule has 4 aromatic rings. The second kappa shape index (κ2) is 6.58. The fourth-order valence-corrected chi connectivity index (χ4v) is 3.68. The number of benzene rings is 1. The van der Waals surface area contributed by atoms with Gasteiger partial charge in [-0.25, -0.2) is 4.98 Å². The third kappa shape index (κ3) is 3.35. The Labute approximate surface area is 151 Å². The van der Waals surface area contributed by atoms with Gasteiger partial charge in [-0.3, -0.25) is 10.1 Å². The molecule has 4 rings (SSSR count). The van der Waals surface area contributed by atoms with Gasteiger partial charge in [0.2, 0.25) is 0 Å². The van der Waals surface area contributed by atoms with E-state index in [1.165, 1.54) is 11.3 Å². The number of thiophene rings is 1. The number of thiazole rings is 1. The van der Waals surface area contributed by atoms with Crippen LogP contribution < -0.4 is 5.32 Å². The van der Waals surface area contributed by atoms with Gasteiger partial charge in [-0.15, -0.1) is 22.7 Å². The van der Waals surface area contributed by atoms with E-state index in [0.717, 1.165) is 16.1 Å². The standard InChI is InChI=1S/C17H12N4O2S2/c1-10-18-16(23-21-10)12-6-4-11(5-7-12)15(22)20-17-19-13(9-25-17)14-3-2-8-24-14/h2-9H,1H3,(H,19,20,22). The molecule has 0 bridgehead atoms. The molecule has 0 atom stereocenters. The molecule has 0 fully saturated rings. The third-order valence-electron chi connectivity index (χ3n) is 3.42. The van der Waals surface area contributed by atoms with Crippen molar-refractivity contribution in [2.75, 3.05) is 5.32 Å². The Bertz CT molecular complexity index is 1000. The quantitative estimate of drug-likeness (QED) is 0.574. The van der Waals surface area contributed by atoms with Gasteiger partial charge in [0.05, 0.1) is 10.6 Å². The summed E-state index contributed by atoms with van der Waals surface area (Å²) in [4.78, 5) is 22.1. The van der Waals surface area contributed by atoms with Crippen molar-refractivity contribution in [1.82, 2.24) is 15.1 Å². The normalized spacial score (nSPS) is 10.8. The number of nitrogens with one attached hydrogen (secondary N) is 1. The molecule has 3 aromatic heterocycles. The molecule has 0 saturated carbocycles. The van der Waals surface area contributed by atoms with Crippen molar-refractivity contribution >= 4 is 33.7 Å². The first-order chi connectivity index (χ1) is 12.2. The van der Waals surface area contributed by atoms with Crippen LogP contribution >= 0.6 is 22.7 Å². The van der Waals surface area contributed by atoms with Gasteiger partial charge in [0.15, 0.2) is 11.0 Å². The molecule has 3 heterocycles. The van der Waals surface area contributed by atoms with Crippen LogP contribution in [0.5, 0.6) is 0 Å². The highest BCUT2D eigenvalue weighted by atomic mass is 32.1. The first-order valence-electron chi connectivity index (χ1n) is 7.40. The molecule has 0 radical (unpaired) electrons. The van der Waals surface area contributed by atoms with Gasteiger partial charge in [0, 0.05) is 16.5 Å². The highest BCUT2D eigenvalue weighted by Gasteiger charge is 2.12. The smallest absolute Gasteiger partial charge is 0.257 e. The zero-order valence-corrected chi connectivity index (χ0v) is 14.7. The lowest BCUT2D eigenvalue weighted by molar-refractivity contribution is 0.102. The largest absolute Gasteiger partial charge is 0.334 e. The van der Waals surface area contributed by atoms with Gasteiger partial charge in [-0.2, -0.15) is 4.98 Å². The number of aryl methyl sites for hydroxylation is 1. The van der Waals surface area contributed by atoms with E-state index >= 15 is 0 Å². The van der Waals surface area contributed by atoms with Crippen molar-refractivity contribution in [3.05, 3.63) is 58.5 Å². The molecule has 0 aliphatic heterocycles. The molecule has 8 heteroatoms. The van der Waals surface area contributed by atoms with Gasteiger partial charge in [0.1, 0.15) is 0 Å². The molecule has 0 saturated heterocycles. The van der Waals surface area contributed by atoms with Crippen LogP contribution in [0.15, 0.2) is 51.7 Å². The van der Waals surface area contributed by atoms with Crippen LogP contribution in [0, 0.1) is 6.92 Å². The monoisotopic (exact) mass is 368 g/mol. The average Bonchev–Trinajstić information content (AvgIpc) is 3.36. The van der Waals surface area contributed by atoms with E-state index in [2.05, 4.69) is 20.4 Å². The van der Waals surface area contributed by atoms with E-state index in [1.54, 1.807) is 42.5 Å². The summed E-state index contributed by atoms with van der Waals surface area (Å²) in [5.41, 5.74) is 2.18. The first-order valence-corrected chi connectivity index (χ1v) is 9.16. The number of nitrogens with zero attached hydrogens (tertiary/aromatic N) is 3. The maximum atomic E-state index is 12.4. The number of rotatable bonds is 4. The molecule has 1 amide bonds. The van der Waals surface area contributed by atoms with Gasteiger partial charge < -0.3 is 4.52 Å². The van der Waals surface area contributed by atoms with Crippen LogP contribution in [0.1, 0.15) is 16.2 Å². The lowest BCUT2D eigenvalue weighted by Gasteiger charge is -2.02. The van der Waals surface area contributed by atoms with Crippen LogP contribution in [0.25, 0.3) is 22.0 Å². The van der Waals surface area contributed by atoms with Crippen LogP contribution in [-0.4, -0.2) is 21.0 Å². The Hall–Kier alpha value is -2.84. The molecule has 1 N–H and O–H groups in total. The Morgan fingerprint density at radius 3 is 2.64 bits per heavy atom. The van der Waals surface area contributed by atoms with E-state index < -0.39 is 0 Å². The molecular weight excluding hydrogens is 356 g/mol. The average molecular weight is 368 g/mol. The maximum absolute atomic E-state index is 12.4. The summed E-state index contributed by atoms with van der Waals surface area (Å²) in [6, 6.07) is 11.0. The number of aromatic nitrogens is 3. The second-order valence-corrected chi connectivity index (χ2v) is 7.00. The molecule has 25 heavy (non-hydrogen) atoms. The van der Waals surface area contributed by atoms with Crippen LogP contribution in [0.2, 0.25) is 0 Å². The maximum Gasteiger partial charge on any atom is 0.257 e. The fourth-order valence-electron chi connectivity index (χ4n) is 2.22. The van der Waals surface area contributed by atoms with E-state index in [0.29, 0.717) is 22.4 Å². The predicted molar refractivity (Wildman–Crippen MR) is 97.9 cm³/mol. The number of hydrogen-bond donors (Lipinski definition) is 1. The summed E-state index contributed by atoms with van der Waals surface area (Å²) in [7, 11) is 0. The SMILES string of the molecule is Cc1noc(-c2ccc(C(=O)Nc3nc(-c4cccs4)cs3)cc2)n1. The van der Waals surface area contributed by atoms with Gasteiger partial charge >= 0.3 is 0 Å². The van der Waals surface area contributed by atoms with E-state index in [9.17, 15) is 4.79 Å². The first kappa shape index (κ1) is 15.7. The topological polar surface area (TPSA) is 80.9 Å². The predicted octanol–water partition coefficient (Wildman–Crippen LogP) is 4.48. The molecule has 0 spiro atoms. The molecular formula is C17H12N4O2S2. The highest BCUT2D eigenvalue weighted by molar-refractivity contribution is 7.16. The molecule has 124 valence electrons. The van der Waals surface area contributed by atoms with Crippen molar-refractivity contribution < 1.29 is 9.32 Å². The number of hydrogen-bond acceptors (Lipinski definition) is 7. The van der Waals surface area contributed by atoms with E-state index in [4.69, 9.17) is 4.52 Å². The zero-order valence-electron chi connectivity index (χ0n) is 13.1. The molecule has 6 nitrogen and oxygen atoms in total. The summed E-state index contributed by atoms with van der Waals surface area (Å²) in [6.45, 7) is 1.76. The number of carbonyl (C=O) groups is 1. The van der Waals surface area contributed by atoms with Crippen LogP contribution in [0.3, 0.4) is 0 Å². The van der Waals surface area contributed by atoms with E-state index in [-0.39, 0.29) is 5.91 Å². The lowest BCUT2D eigenvalue weighted by Crippen LogP contribution is -2.11. The summed E-state index contributed by atoms with van der Waals surface area (Å²) < 4.78 is 5.12. The zero-order chi connectivity index (χ0) is 17.2. The van der Waals surface area contributed by atoms with Crippen molar-refractivity contribution in [3.63, 3.8) is 0 Å². The minimum atomic E-state index is -0.208. The molecule has 0 aliphatic carbocycles. The molecule has 1 aromatic carbocycles. The van der Waals surface area contributed by atoms with E-state index in [1.807, 2.05) is 22.9 Å². The third-order valence-corrected chi connectivity index (χ3v) is 5.07. The fraction of sp³-hybridized carbons (Fsp3) is 0.0588. The minimum Gasteiger partial charge on any atom is -0.334 e. The summed E-state index contributed by atoms with van der Waals surface area (Å²) in [6.07, 6.45) is 0. The highest BCUT2D eigenvalue weighted by Crippen LogP contribution is 2.28. The number of amides is 1. The van der Waals surface area contributed by atoms with Crippen molar-refractivity contribution in [2.24, 2.45) is 0 Å².